The van der Waals surface area contributed by atoms with Crippen molar-refractivity contribution >= 4 is 62.8 Å². The predicted octanol–water partition coefficient (Wildman–Crippen LogP) is 7.03. The summed E-state index contributed by atoms with van der Waals surface area (Å²) in [6.45, 7) is 4.71. The first-order valence-electron chi connectivity index (χ1n) is 14.3. The molecule has 0 radical (unpaired) electrons. The molecule has 3 aromatic carbocycles. The molecular formula is C33H32FN5O2S. The lowest BCUT2D eigenvalue weighted by atomic mass is 10.1. The van der Waals surface area contributed by atoms with Gasteiger partial charge in [0.25, 0.3) is 5.91 Å². The molecule has 1 N–H and O–H groups in total. The van der Waals surface area contributed by atoms with Gasteiger partial charge in [-0.1, -0.05) is 18.2 Å². The van der Waals surface area contributed by atoms with E-state index in [4.69, 9.17) is 4.99 Å². The highest BCUT2D eigenvalue weighted by atomic mass is 32.2. The van der Waals surface area contributed by atoms with E-state index in [1.165, 1.54) is 61.0 Å². The first kappa shape index (κ1) is 27.8. The van der Waals surface area contributed by atoms with Crippen LogP contribution in [0.4, 0.5) is 21.5 Å². The highest BCUT2D eigenvalue weighted by Gasteiger charge is 2.32. The highest BCUT2D eigenvalue weighted by molar-refractivity contribution is 8.18. The van der Waals surface area contributed by atoms with Gasteiger partial charge in [0, 0.05) is 53.7 Å². The minimum Gasteiger partial charge on any atom is -0.372 e. The average molecular weight is 582 g/mol. The quantitative estimate of drug-likeness (QED) is 0.238. The van der Waals surface area contributed by atoms with Crippen LogP contribution in [0.1, 0.15) is 31.7 Å². The van der Waals surface area contributed by atoms with Gasteiger partial charge in [-0.05, 0) is 98.6 Å². The van der Waals surface area contributed by atoms with Crippen LogP contribution in [0.2, 0.25) is 0 Å². The van der Waals surface area contributed by atoms with Gasteiger partial charge in [0.15, 0.2) is 5.17 Å². The Morgan fingerprint density at radius 1 is 1.00 bits per heavy atom. The topological polar surface area (TPSA) is 69.9 Å². The van der Waals surface area contributed by atoms with E-state index in [0.29, 0.717) is 22.3 Å². The van der Waals surface area contributed by atoms with Crippen LogP contribution in [0.5, 0.6) is 0 Å². The molecule has 3 heterocycles. The summed E-state index contributed by atoms with van der Waals surface area (Å²) in [7, 11) is 0. The maximum absolute atomic E-state index is 13.4. The van der Waals surface area contributed by atoms with E-state index in [2.05, 4.69) is 22.3 Å². The van der Waals surface area contributed by atoms with Crippen LogP contribution in [0.15, 0.2) is 88.9 Å². The van der Waals surface area contributed by atoms with Crippen molar-refractivity contribution in [3.8, 4) is 0 Å². The minimum atomic E-state index is -0.359. The lowest BCUT2D eigenvalue weighted by Crippen LogP contribution is -2.29. The van der Waals surface area contributed by atoms with E-state index >= 15 is 0 Å². The molecule has 2 amide bonds. The maximum Gasteiger partial charge on any atom is 0.266 e. The van der Waals surface area contributed by atoms with Crippen molar-refractivity contribution in [2.45, 2.75) is 32.7 Å². The highest BCUT2D eigenvalue weighted by Crippen LogP contribution is 2.36. The number of carbonyl (C=O) groups excluding carboxylic acids is 2. The van der Waals surface area contributed by atoms with Gasteiger partial charge >= 0.3 is 0 Å². The second-order valence-electron chi connectivity index (χ2n) is 10.4. The molecule has 4 aromatic rings. The van der Waals surface area contributed by atoms with Crippen LogP contribution in [0.3, 0.4) is 0 Å². The summed E-state index contributed by atoms with van der Waals surface area (Å²) in [4.78, 5) is 35.7. The molecule has 0 unspecified atom stereocenters. The summed E-state index contributed by atoms with van der Waals surface area (Å²) in [5, 5.41) is 4.41. The Balaban J connectivity index is 1.23. The molecule has 0 atom stereocenters. The number of nitrogens with one attached hydrogen (secondary N) is 1. The lowest BCUT2D eigenvalue weighted by molar-refractivity contribution is -0.122. The van der Waals surface area contributed by atoms with Crippen LogP contribution in [-0.2, 0) is 16.1 Å². The van der Waals surface area contributed by atoms with E-state index in [0.717, 1.165) is 35.2 Å². The number of rotatable bonds is 7. The van der Waals surface area contributed by atoms with Gasteiger partial charge in [0.2, 0.25) is 5.91 Å². The maximum atomic E-state index is 13.4. The second kappa shape index (κ2) is 12.2. The summed E-state index contributed by atoms with van der Waals surface area (Å²) in [6, 6.07) is 21.7. The van der Waals surface area contributed by atoms with Crippen LogP contribution in [-0.4, -0.2) is 46.1 Å². The second-order valence-corrected chi connectivity index (χ2v) is 11.4. The number of para-hydroxylation sites is 1. The number of amidine groups is 1. The number of likely N-dealkylation sites (N-methyl/N-ethyl adjacent to an activating group) is 1. The van der Waals surface area contributed by atoms with Crippen molar-refractivity contribution in [1.82, 2.24) is 9.47 Å². The van der Waals surface area contributed by atoms with E-state index in [1.807, 2.05) is 60.2 Å². The third-order valence-electron chi connectivity index (χ3n) is 7.55. The number of hydrogen-bond acceptors (Lipinski definition) is 5. The van der Waals surface area contributed by atoms with Crippen molar-refractivity contribution < 1.29 is 14.0 Å². The number of carbonyl (C=O) groups is 2. The number of thioether (sulfide) groups is 1. The number of aromatic nitrogens is 1. The number of nitrogens with zero attached hydrogens (tertiary/aromatic N) is 4. The van der Waals surface area contributed by atoms with Crippen molar-refractivity contribution in [3.63, 3.8) is 0 Å². The van der Waals surface area contributed by atoms with Gasteiger partial charge in [0.1, 0.15) is 12.4 Å². The van der Waals surface area contributed by atoms with Crippen molar-refractivity contribution in [2.24, 2.45) is 4.99 Å². The molecule has 42 heavy (non-hydrogen) atoms. The summed E-state index contributed by atoms with van der Waals surface area (Å²) < 4.78 is 15.1. The van der Waals surface area contributed by atoms with E-state index < -0.39 is 0 Å². The van der Waals surface area contributed by atoms with Gasteiger partial charge in [-0.2, -0.15) is 0 Å². The molecule has 0 saturated carbocycles. The third-order valence-corrected chi connectivity index (χ3v) is 8.55. The molecule has 2 aliphatic rings. The molecule has 1 aromatic heterocycles. The summed E-state index contributed by atoms with van der Waals surface area (Å²) in [5.41, 5.74) is 4.28. The van der Waals surface area contributed by atoms with Crippen LogP contribution < -0.4 is 10.2 Å². The number of anilines is 2. The zero-order valence-corrected chi connectivity index (χ0v) is 24.2. The van der Waals surface area contributed by atoms with Crippen LogP contribution in [0.25, 0.3) is 17.0 Å². The molecule has 0 bridgehead atoms. The number of hydrogen-bond donors (Lipinski definition) is 1. The van der Waals surface area contributed by atoms with Crippen LogP contribution >= 0.6 is 11.8 Å². The Bertz CT molecular complexity index is 1670. The lowest BCUT2D eigenvalue weighted by Gasteiger charge is -2.28. The summed E-state index contributed by atoms with van der Waals surface area (Å²) >= 11 is 1.37. The third kappa shape index (κ3) is 5.97. The molecule has 214 valence electrons. The molecule has 0 aliphatic carbocycles. The van der Waals surface area contributed by atoms with Crippen molar-refractivity contribution in [2.75, 3.05) is 29.9 Å². The largest absolute Gasteiger partial charge is 0.372 e. The van der Waals surface area contributed by atoms with E-state index in [1.54, 1.807) is 4.90 Å². The standard InChI is InChI=1S/C33H32FN5O2S/c1-2-39-32(41)30(42-33(39)36-26-14-16-27(17-15-26)37-18-6-3-7-19-37)20-23-21-38(29-9-5-4-8-28(23)29)22-31(40)35-25-12-10-24(34)11-13-25/h4-5,8-17,20-21H,2-3,6-7,18-19,22H2,1H3,(H,35,40)/b30-20-,36-33?. The van der Waals surface area contributed by atoms with Gasteiger partial charge in [-0.25, -0.2) is 9.38 Å². The fourth-order valence-electron chi connectivity index (χ4n) is 5.42. The number of piperidine rings is 1. The zero-order valence-electron chi connectivity index (χ0n) is 23.4. The van der Waals surface area contributed by atoms with Crippen molar-refractivity contribution in [1.29, 1.82) is 0 Å². The van der Waals surface area contributed by atoms with Gasteiger partial charge < -0.3 is 14.8 Å². The summed E-state index contributed by atoms with van der Waals surface area (Å²) in [6.07, 6.45) is 7.52. The minimum absolute atomic E-state index is 0.0728. The summed E-state index contributed by atoms with van der Waals surface area (Å²) in [5.74, 6) is -0.676. The molecule has 2 saturated heterocycles. The Kier molecular flexibility index (Phi) is 8.10. The van der Waals surface area contributed by atoms with Crippen molar-refractivity contribution in [3.05, 3.63) is 95.3 Å². The number of benzene rings is 3. The Labute approximate surface area is 248 Å². The Morgan fingerprint density at radius 2 is 1.74 bits per heavy atom. The average Bonchev–Trinajstić information content (AvgIpc) is 3.50. The SMILES string of the molecule is CCN1C(=O)/C(=C/c2cn(CC(=O)Nc3ccc(F)cc3)c3ccccc23)SC1=Nc1ccc(N2CCCCC2)cc1. The number of fused-ring (bicyclic) bond motifs is 1. The zero-order chi connectivity index (χ0) is 29.1. The number of halogens is 1. The predicted molar refractivity (Wildman–Crippen MR) is 170 cm³/mol. The first-order valence-corrected chi connectivity index (χ1v) is 15.1. The molecular weight excluding hydrogens is 549 g/mol. The molecule has 0 spiro atoms. The monoisotopic (exact) mass is 581 g/mol. The molecule has 2 aliphatic heterocycles. The Morgan fingerprint density at radius 3 is 2.48 bits per heavy atom. The Hall–Kier alpha value is -4.37. The molecule has 7 nitrogen and oxygen atoms in total. The number of aliphatic imine (C=N–C) groups is 1. The molecule has 6 rings (SSSR count). The molecule has 9 heteroatoms. The van der Waals surface area contributed by atoms with E-state index in [9.17, 15) is 14.0 Å². The fraction of sp³-hybridized carbons (Fsp3) is 0.242. The smallest absolute Gasteiger partial charge is 0.266 e. The van der Waals surface area contributed by atoms with Gasteiger partial charge in [-0.15, -0.1) is 0 Å². The first-order chi connectivity index (χ1) is 20.5. The molecule has 2 fully saturated rings. The normalized spacial score (nSPS) is 17.5. The number of amides is 2. The van der Waals surface area contributed by atoms with Gasteiger partial charge in [-0.3, -0.25) is 14.5 Å². The fourth-order valence-corrected chi connectivity index (χ4v) is 6.47. The van der Waals surface area contributed by atoms with E-state index in [-0.39, 0.29) is 24.2 Å². The van der Waals surface area contributed by atoms with Crippen LogP contribution in [0, 0.1) is 5.82 Å². The van der Waals surface area contributed by atoms with Gasteiger partial charge in [0.05, 0.1) is 10.6 Å².